The van der Waals surface area contributed by atoms with Crippen molar-refractivity contribution in [3.05, 3.63) is 57.3 Å². The fourth-order valence-electron chi connectivity index (χ4n) is 1.98. The highest BCUT2D eigenvalue weighted by molar-refractivity contribution is 9.10. The zero-order valence-electron chi connectivity index (χ0n) is 12.7. The zero-order chi connectivity index (χ0) is 17.0. The molecule has 0 saturated carbocycles. The first-order valence-corrected chi connectivity index (χ1v) is 8.26. The highest BCUT2D eigenvalue weighted by Crippen LogP contribution is 2.23. The Bertz CT molecular complexity index is 724. The predicted molar refractivity (Wildman–Crippen MR) is 93.6 cm³/mol. The van der Waals surface area contributed by atoms with Gasteiger partial charge in [-0.2, -0.15) is 0 Å². The van der Waals surface area contributed by atoms with Crippen molar-refractivity contribution in [3.8, 4) is 5.75 Å². The number of anilines is 1. The Morgan fingerprint density at radius 1 is 1.35 bits per heavy atom. The number of carbonyl (C=O) groups excluding carboxylic acids is 1. The van der Waals surface area contributed by atoms with Crippen LogP contribution in [0.4, 0.5) is 10.1 Å². The van der Waals surface area contributed by atoms with Crippen LogP contribution in [0.3, 0.4) is 0 Å². The molecule has 0 saturated heterocycles. The van der Waals surface area contributed by atoms with E-state index in [1.54, 1.807) is 24.3 Å². The lowest BCUT2D eigenvalue weighted by atomic mass is 10.2. The highest BCUT2D eigenvalue weighted by atomic mass is 79.9. The van der Waals surface area contributed by atoms with Gasteiger partial charge in [0.2, 0.25) is 0 Å². The summed E-state index contributed by atoms with van der Waals surface area (Å²) < 4.78 is 20.1. The molecule has 0 aliphatic heterocycles. The molecule has 0 aromatic heterocycles. The van der Waals surface area contributed by atoms with Gasteiger partial charge in [-0.1, -0.05) is 34.5 Å². The fourth-order valence-corrected chi connectivity index (χ4v) is 2.43. The van der Waals surface area contributed by atoms with Crippen molar-refractivity contribution < 1.29 is 13.9 Å². The molecule has 0 aliphatic carbocycles. The van der Waals surface area contributed by atoms with Crippen LogP contribution in [-0.2, 0) is 4.79 Å². The van der Waals surface area contributed by atoms with E-state index in [9.17, 15) is 9.18 Å². The number of ether oxygens (including phenoxy) is 1. The summed E-state index contributed by atoms with van der Waals surface area (Å²) in [6.07, 6.45) is -0.273. The predicted octanol–water partition coefficient (Wildman–Crippen LogP) is 5.35. The van der Waals surface area contributed by atoms with Crippen LogP contribution in [0.2, 0.25) is 5.02 Å². The number of amides is 1. The number of nitrogens with one attached hydrogen (secondary N) is 1. The monoisotopic (exact) mass is 399 g/mol. The number of aryl methyl sites for hydroxylation is 1. The highest BCUT2D eigenvalue weighted by Gasteiger charge is 2.20. The third-order valence-corrected chi connectivity index (χ3v) is 4.18. The number of carbonyl (C=O) groups is 1. The smallest absolute Gasteiger partial charge is 0.265 e. The standard InChI is InChI=1S/C17H16BrClFNO2/c1-3-16(23-12-5-6-13(19)10(2)8-12)17(22)21-15-7-4-11(18)9-14(15)20/h4-9,16H,3H2,1-2H3,(H,21,22). The molecule has 0 fully saturated rings. The van der Waals surface area contributed by atoms with Crippen molar-refractivity contribution in [2.45, 2.75) is 26.4 Å². The topological polar surface area (TPSA) is 38.3 Å². The summed E-state index contributed by atoms with van der Waals surface area (Å²) in [6, 6.07) is 9.62. The molecule has 1 amide bonds. The van der Waals surface area contributed by atoms with E-state index in [4.69, 9.17) is 16.3 Å². The summed E-state index contributed by atoms with van der Waals surface area (Å²) in [6.45, 7) is 3.68. The van der Waals surface area contributed by atoms with Crippen molar-refractivity contribution in [1.29, 1.82) is 0 Å². The summed E-state index contributed by atoms with van der Waals surface area (Å²) in [5, 5.41) is 3.18. The van der Waals surface area contributed by atoms with Crippen LogP contribution in [0.1, 0.15) is 18.9 Å². The third kappa shape index (κ3) is 4.69. The van der Waals surface area contributed by atoms with E-state index < -0.39 is 17.8 Å². The number of halogens is 3. The summed E-state index contributed by atoms with van der Waals surface area (Å²) in [7, 11) is 0. The van der Waals surface area contributed by atoms with Crippen molar-refractivity contribution in [2.24, 2.45) is 0 Å². The van der Waals surface area contributed by atoms with Crippen LogP contribution in [-0.4, -0.2) is 12.0 Å². The molecule has 1 unspecified atom stereocenters. The van der Waals surface area contributed by atoms with Crippen LogP contribution in [0.5, 0.6) is 5.75 Å². The Hall–Kier alpha value is -1.59. The molecule has 2 aromatic rings. The third-order valence-electron chi connectivity index (χ3n) is 3.26. The summed E-state index contributed by atoms with van der Waals surface area (Å²) >= 11 is 9.14. The first kappa shape index (κ1) is 17.8. The molecular formula is C17H16BrClFNO2. The minimum atomic E-state index is -0.723. The van der Waals surface area contributed by atoms with Crippen LogP contribution in [0.15, 0.2) is 40.9 Å². The second-order valence-corrected chi connectivity index (χ2v) is 6.36. The van der Waals surface area contributed by atoms with Gasteiger partial charge in [-0.25, -0.2) is 4.39 Å². The van der Waals surface area contributed by atoms with Gasteiger partial charge in [-0.05, 0) is 55.3 Å². The lowest BCUT2D eigenvalue weighted by molar-refractivity contribution is -0.122. The first-order valence-electron chi connectivity index (χ1n) is 7.09. The van der Waals surface area contributed by atoms with Gasteiger partial charge in [0.1, 0.15) is 11.6 Å². The van der Waals surface area contributed by atoms with Crippen LogP contribution in [0, 0.1) is 12.7 Å². The minimum absolute atomic E-state index is 0.118. The second kappa shape index (κ2) is 7.79. The molecule has 0 spiro atoms. The lowest BCUT2D eigenvalue weighted by Gasteiger charge is -2.18. The Kier molecular flexibility index (Phi) is 6.02. The largest absolute Gasteiger partial charge is 0.481 e. The summed E-state index contributed by atoms with van der Waals surface area (Å²) in [5.41, 5.74) is 0.978. The fraction of sp³-hybridized carbons (Fsp3) is 0.235. The van der Waals surface area contributed by atoms with E-state index in [2.05, 4.69) is 21.2 Å². The Morgan fingerprint density at radius 2 is 2.09 bits per heavy atom. The quantitative estimate of drug-likeness (QED) is 0.735. The van der Waals surface area contributed by atoms with E-state index in [1.807, 2.05) is 13.8 Å². The summed E-state index contributed by atoms with van der Waals surface area (Å²) in [4.78, 5) is 12.3. The second-order valence-electron chi connectivity index (χ2n) is 5.04. The van der Waals surface area contributed by atoms with Crippen molar-refractivity contribution in [2.75, 3.05) is 5.32 Å². The van der Waals surface area contributed by atoms with Gasteiger partial charge in [0.25, 0.3) is 5.91 Å². The van der Waals surface area contributed by atoms with Gasteiger partial charge >= 0.3 is 0 Å². The van der Waals surface area contributed by atoms with Gasteiger partial charge in [-0.3, -0.25) is 4.79 Å². The molecule has 3 nitrogen and oxygen atoms in total. The lowest BCUT2D eigenvalue weighted by Crippen LogP contribution is -2.32. The zero-order valence-corrected chi connectivity index (χ0v) is 15.0. The Balaban J connectivity index is 2.10. The maximum atomic E-state index is 13.8. The SMILES string of the molecule is CCC(Oc1ccc(Cl)c(C)c1)C(=O)Nc1ccc(Br)cc1F. The molecular weight excluding hydrogens is 385 g/mol. The average Bonchev–Trinajstić information content (AvgIpc) is 2.51. The molecule has 23 heavy (non-hydrogen) atoms. The van der Waals surface area contributed by atoms with Gasteiger partial charge in [-0.15, -0.1) is 0 Å². The number of hydrogen-bond acceptors (Lipinski definition) is 2. The number of benzene rings is 2. The molecule has 1 atom stereocenters. The first-order chi connectivity index (χ1) is 10.9. The van der Waals surface area contributed by atoms with Gasteiger partial charge in [0, 0.05) is 9.50 Å². The maximum absolute atomic E-state index is 13.8. The van der Waals surface area contributed by atoms with E-state index >= 15 is 0 Å². The van der Waals surface area contributed by atoms with Crippen LogP contribution in [0.25, 0.3) is 0 Å². The molecule has 0 aliphatic rings. The Labute approximate surface area is 147 Å². The van der Waals surface area contributed by atoms with Gasteiger partial charge < -0.3 is 10.1 Å². The Morgan fingerprint density at radius 3 is 2.70 bits per heavy atom. The van der Waals surface area contributed by atoms with E-state index in [1.165, 1.54) is 12.1 Å². The molecule has 1 N–H and O–H groups in total. The van der Waals surface area contributed by atoms with E-state index in [0.29, 0.717) is 21.7 Å². The van der Waals surface area contributed by atoms with Crippen LogP contribution < -0.4 is 10.1 Å². The normalized spacial score (nSPS) is 11.9. The summed E-state index contributed by atoms with van der Waals surface area (Å²) in [5.74, 6) is -0.364. The van der Waals surface area contributed by atoms with Crippen LogP contribution >= 0.6 is 27.5 Å². The molecule has 6 heteroatoms. The molecule has 2 rings (SSSR count). The molecule has 2 aromatic carbocycles. The number of hydrogen-bond donors (Lipinski definition) is 1. The van der Waals surface area contributed by atoms with E-state index in [0.717, 1.165) is 5.56 Å². The van der Waals surface area contributed by atoms with Crippen molar-refractivity contribution in [1.82, 2.24) is 0 Å². The van der Waals surface area contributed by atoms with Crippen molar-refractivity contribution in [3.63, 3.8) is 0 Å². The molecule has 0 bridgehead atoms. The molecule has 0 heterocycles. The molecule has 122 valence electrons. The average molecular weight is 401 g/mol. The van der Waals surface area contributed by atoms with Gasteiger partial charge in [0.05, 0.1) is 5.69 Å². The number of rotatable bonds is 5. The van der Waals surface area contributed by atoms with Crippen molar-refractivity contribution >= 4 is 39.1 Å². The molecule has 0 radical (unpaired) electrons. The maximum Gasteiger partial charge on any atom is 0.265 e. The van der Waals surface area contributed by atoms with Gasteiger partial charge in [0.15, 0.2) is 6.10 Å². The minimum Gasteiger partial charge on any atom is -0.481 e. The van der Waals surface area contributed by atoms with E-state index in [-0.39, 0.29) is 5.69 Å².